The molecule has 0 heterocycles. The van der Waals surface area contributed by atoms with Crippen LogP contribution in [0.5, 0.6) is 0 Å². The van der Waals surface area contributed by atoms with E-state index in [0.29, 0.717) is 0 Å². The minimum absolute atomic E-state index is 0.196. The lowest BCUT2D eigenvalue weighted by Gasteiger charge is -2.12. The van der Waals surface area contributed by atoms with Gasteiger partial charge in [0.05, 0.1) is 0 Å². The third kappa shape index (κ3) is 5.02. The Morgan fingerprint density at radius 1 is 1.29 bits per heavy atom. The first-order chi connectivity index (χ1) is 6.47. The third-order valence-corrected chi connectivity index (χ3v) is 1.38. The number of rotatable bonds is 5. The number of hydrogen-bond donors (Lipinski definition) is 4. The Labute approximate surface area is 80.9 Å². The van der Waals surface area contributed by atoms with Crippen LogP contribution in [0, 0.1) is 0 Å². The largest absolute Gasteiger partial charge is 0.481 e. The number of carboxylic acids is 2. The number of carbonyl (C=O) groups excluding carboxylic acids is 1. The van der Waals surface area contributed by atoms with Crippen molar-refractivity contribution in [3.8, 4) is 0 Å². The van der Waals surface area contributed by atoms with Crippen molar-refractivity contribution in [1.29, 1.82) is 0 Å². The van der Waals surface area contributed by atoms with Crippen molar-refractivity contribution in [3.05, 3.63) is 0 Å². The van der Waals surface area contributed by atoms with E-state index in [9.17, 15) is 14.4 Å². The molecule has 8 heteroatoms. The molecule has 0 unspecified atom stereocenters. The van der Waals surface area contributed by atoms with Gasteiger partial charge in [0.1, 0.15) is 6.04 Å². The summed E-state index contributed by atoms with van der Waals surface area (Å²) < 4.78 is 0. The fourth-order valence-electron chi connectivity index (χ4n) is 0.725. The van der Waals surface area contributed by atoms with Crippen LogP contribution in [0.25, 0.3) is 0 Å². The average molecular weight is 200 g/mol. The van der Waals surface area contributed by atoms with Crippen molar-refractivity contribution in [2.45, 2.75) is 18.9 Å². The van der Waals surface area contributed by atoms with E-state index in [1.807, 2.05) is 5.32 Å². The van der Waals surface area contributed by atoms with Crippen LogP contribution in [0.4, 0.5) is 4.79 Å². The monoisotopic (exact) mass is 200 g/mol. The molecule has 14 heavy (non-hydrogen) atoms. The molecule has 0 fully saturated rings. The lowest BCUT2D eigenvalue weighted by atomic mass is 10.1. The molecular weight excluding hydrogens is 191 g/mol. The number of nitrogens with one attached hydrogen (secondary N) is 2. The molecule has 0 aliphatic rings. The Hall–Kier alpha value is -1.73. The van der Waals surface area contributed by atoms with Gasteiger partial charge >= 0.3 is 18.0 Å². The zero-order chi connectivity index (χ0) is 11.1. The van der Waals surface area contributed by atoms with Crippen molar-refractivity contribution in [1.82, 2.24) is 10.5 Å². The normalized spacial score (nSPS) is 11.4. The second kappa shape index (κ2) is 5.84. The highest BCUT2D eigenvalue weighted by atomic mass is 16.4. The van der Waals surface area contributed by atoms with Gasteiger partial charge in [-0.25, -0.2) is 4.79 Å². The zero-order valence-corrected chi connectivity index (χ0v) is 7.19. The quantitative estimate of drug-likeness (QED) is 0.411. The SMILES string of the molecule is [B]NC(=O)N[C@@H](CCC(=O)O)C(=O)O. The van der Waals surface area contributed by atoms with Crippen molar-refractivity contribution in [3.63, 3.8) is 0 Å². The summed E-state index contributed by atoms with van der Waals surface area (Å²) in [6.45, 7) is 0. The Bertz CT molecular complexity index is 244. The number of carbonyl (C=O) groups is 3. The molecule has 0 rings (SSSR count). The predicted octanol–water partition coefficient (Wildman–Crippen LogP) is -1.31. The molecule has 0 aliphatic carbocycles. The van der Waals surface area contributed by atoms with Crippen LogP contribution in [0.2, 0.25) is 0 Å². The molecule has 7 nitrogen and oxygen atoms in total. The highest BCUT2D eigenvalue weighted by molar-refractivity contribution is 6.14. The summed E-state index contributed by atoms with van der Waals surface area (Å²) in [4.78, 5) is 31.2. The second-order valence-electron chi connectivity index (χ2n) is 2.44. The molecule has 76 valence electrons. The first kappa shape index (κ1) is 12.3. The molecule has 0 saturated heterocycles. The van der Waals surface area contributed by atoms with E-state index >= 15 is 0 Å². The first-order valence-corrected chi connectivity index (χ1v) is 3.69. The molecule has 0 saturated carbocycles. The first-order valence-electron chi connectivity index (χ1n) is 3.69. The minimum atomic E-state index is -1.31. The van der Waals surface area contributed by atoms with Crippen LogP contribution in [0.15, 0.2) is 0 Å². The fourth-order valence-corrected chi connectivity index (χ4v) is 0.725. The molecule has 0 aromatic carbocycles. The average Bonchev–Trinajstić information content (AvgIpc) is 2.10. The van der Waals surface area contributed by atoms with Crippen molar-refractivity contribution in [2.75, 3.05) is 0 Å². The van der Waals surface area contributed by atoms with E-state index < -0.39 is 24.0 Å². The predicted molar refractivity (Wildman–Crippen MR) is 45.7 cm³/mol. The van der Waals surface area contributed by atoms with E-state index in [4.69, 9.17) is 18.2 Å². The maximum absolute atomic E-state index is 10.6. The van der Waals surface area contributed by atoms with Crippen LogP contribution in [0.1, 0.15) is 12.8 Å². The van der Waals surface area contributed by atoms with Gasteiger partial charge in [-0.3, -0.25) is 9.59 Å². The van der Waals surface area contributed by atoms with Gasteiger partial charge in [-0.1, -0.05) is 0 Å². The van der Waals surface area contributed by atoms with Gasteiger partial charge in [-0.05, 0) is 6.42 Å². The summed E-state index contributed by atoms with van der Waals surface area (Å²) in [7, 11) is 4.71. The summed E-state index contributed by atoms with van der Waals surface area (Å²) in [5.74, 6) is -2.44. The van der Waals surface area contributed by atoms with E-state index in [1.54, 1.807) is 5.23 Å². The summed E-state index contributed by atoms with van der Waals surface area (Å²) in [6, 6.07) is -2.13. The van der Waals surface area contributed by atoms with Crippen LogP contribution >= 0.6 is 0 Å². The smallest absolute Gasteiger partial charge is 0.326 e. The number of carboxylic acid groups (broad SMARTS) is 2. The molecule has 4 N–H and O–H groups in total. The summed E-state index contributed by atoms with van der Waals surface area (Å²) >= 11 is 0. The van der Waals surface area contributed by atoms with Crippen molar-refractivity contribution >= 4 is 26.0 Å². The van der Waals surface area contributed by atoms with E-state index in [2.05, 4.69) is 0 Å². The maximum atomic E-state index is 10.6. The van der Waals surface area contributed by atoms with Gasteiger partial charge in [-0.15, -0.1) is 0 Å². The van der Waals surface area contributed by atoms with E-state index in [-0.39, 0.29) is 12.8 Å². The lowest BCUT2D eigenvalue weighted by molar-refractivity contribution is -0.140. The number of hydrogen-bond acceptors (Lipinski definition) is 3. The Kier molecular flexibility index (Phi) is 5.12. The van der Waals surface area contributed by atoms with E-state index in [0.717, 1.165) is 0 Å². The number of aliphatic carboxylic acids is 2. The van der Waals surface area contributed by atoms with Crippen LogP contribution < -0.4 is 10.5 Å². The molecule has 0 aliphatic heterocycles. The standard InChI is InChI=1S/C6H9BN2O5/c7-9-6(14)8-3(5(12)13)1-2-4(10)11/h3H,1-2H2,(H,10,11)(H,12,13)(H2,8,9,14)/t3-/m0/s1. The summed E-state index contributed by atoms with van der Waals surface area (Å²) in [5.41, 5.74) is 0. The summed E-state index contributed by atoms with van der Waals surface area (Å²) in [5, 5.41) is 20.5. The molecule has 1 atom stereocenters. The molecule has 0 bridgehead atoms. The molecular formula is C6H9BN2O5. The van der Waals surface area contributed by atoms with Gasteiger partial charge in [-0.2, -0.15) is 0 Å². The van der Waals surface area contributed by atoms with Gasteiger partial charge in [0, 0.05) is 6.42 Å². The highest BCUT2D eigenvalue weighted by Gasteiger charge is 2.19. The molecule has 0 aromatic heterocycles. The highest BCUT2D eigenvalue weighted by Crippen LogP contribution is 1.97. The Morgan fingerprint density at radius 2 is 1.86 bits per heavy atom. The topological polar surface area (TPSA) is 116 Å². The lowest BCUT2D eigenvalue weighted by Crippen LogP contribution is -2.45. The Morgan fingerprint density at radius 3 is 2.21 bits per heavy atom. The summed E-state index contributed by atoms with van der Waals surface area (Å²) in [6.07, 6.45) is -0.542. The number of amides is 2. The van der Waals surface area contributed by atoms with Crippen LogP contribution in [-0.2, 0) is 9.59 Å². The number of urea groups is 1. The molecule has 0 aromatic rings. The van der Waals surface area contributed by atoms with Crippen LogP contribution in [0.3, 0.4) is 0 Å². The Balaban J connectivity index is 4.09. The maximum Gasteiger partial charge on any atom is 0.326 e. The third-order valence-electron chi connectivity index (χ3n) is 1.38. The van der Waals surface area contributed by atoms with Gasteiger partial charge < -0.3 is 20.8 Å². The van der Waals surface area contributed by atoms with E-state index in [1.165, 1.54) is 0 Å². The van der Waals surface area contributed by atoms with Crippen molar-refractivity contribution in [2.24, 2.45) is 0 Å². The van der Waals surface area contributed by atoms with Gasteiger partial charge in [0.2, 0.25) is 7.98 Å². The molecule has 0 spiro atoms. The minimum Gasteiger partial charge on any atom is -0.481 e. The molecule has 2 amide bonds. The fraction of sp³-hybridized carbons (Fsp3) is 0.500. The van der Waals surface area contributed by atoms with Crippen molar-refractivity contribution < 1.29 is 24.6 Å². The van der Waals surface area contributed by atoms with Gasteiger partial charge in [0.25, 0.3) is 0 Å². The van der Waals surface area contributed by atoms with Crippen LogP contribution in [-0.4, -0.2) is 42.2 Å². The second-order valence-corrected chi connectivity index (χ2v) is 2.44. The molecule has 2 radical (unpaired) electrons. The van der Waals surface area contributed by atoms with Gasteiger partial charge in [0.15, 0.2) is 0 Å². The zero-order valence-electron chi connectivity index (χ0n) is 7.19.